The van der Waals surface area contributed by atoms with E-state index in [0.717, 1.165) is 29.8 Å². The van der Waals surface area contributed by atoms with Crippen LogP contribution in [0.5, 0.6) is 0 Å². The van der Waals surface area contributed by atoms with Gasteiger partial charge >= 0.3 is 6.03 Å². The highest BCUT2D eigenvalue weighted by atomic mass is 19.1. The van der Waals surface area contributed by atoms with Crippen LogP contribution >= 0.6 is 0 Å². The maximum absolute atomic E-state index is 12.9. The van der Waals surface area contributed by atoms with Crippen molar-refractivity contribution < 1.29 is 18.8 Å². The van der Waals surface area contributed by atoms with E-state index in [1.165, 1.54) is 12.1 Å². The number of hydrazine groups is 1. The molecule has 0 unspecified atom stereocenters. The summed E-state index contributed by atoms with van der Waals surface area (Å²) in [6, 6.07) is 5.44. The second kappa shape index (κ2) is 7.41. The molecule has 1 aliphatic carbocycles. The summed E-state index contributed by atoms with van der Waals surface area (Å²) in [5, 5.41) is 3.55. The van der Waals surface area contributed by atoms with Crippen LogP contribution in [0.3, 0.4) is 0 Å². The van der Waals surface area contributed by atoms with Crippen molar-refractivity contribution in [1.82, 2.24) is 20.7 Å². The maximum atomic E-state index is 12.9. The number of imide groups is 1. The number of hydrogen-bond acceptors (Lipinski definition) is 4. The van der Waals surface area contributed by atoms with Crippen molar-refractivity contribution in [1.29, 1.82) is 0 Å². The van der Waals surface area contributed by atoms with Gasteiger partial charge in [-0.25, -0.2) is 9.18 Å². The summed E-state index contributed by atoms with van der Waals surface area (Å²) in [7, 11) is 1.73. The van der Waals surface area contributed by atoms with Gasteiger partial charge in [0.1, 0.15) is 11.4 Å². The van der Waals surface area contributed by atoms with E-state index in [0.29, 0.717) is 19.4 Å². The molecule has 0 aromatic heterocycles. The zero-order valence-electron chi connectivity index (χ0n) is 14.8. The van der Waals surface area contributed by atoms with Gasteiger partial charge in [0, 0.05) is 6.54 Å². The van der Waals surface area contributed by atoms with E-state index in [2.05, 4.69) is 10.7 Å². The van der Waals surface area contributed by atoms with Crippen LogP contribution in [0.2, 0.25) is 0 Å². The van der Waals surface area contributed by atoms with Crippen LogP contribution in [0.25, 0.3) is 0 Å². The Kier molecular flexibility index (Phi) is 5.22. The Balaban J connectivity index is 1.54. The Morgan fingerprint density at radius 1 is 1.23 bits per heavy atom. The highest BCUT2D eigenvalue weighted by Gasteiger charge is 2.52. The Morgan fingerprint density at radius 3 is 2.54 bits per heavy atom. The minimum Gasteiger partial charge on any atom is -0.322 e. The van der Waals surface area contributed by atoms with E-state index in [4.69, 9.17) is 0 Å². The smallest absolute Gasteiger partial charge is 0.322 e. The largest absolute Gasteiger partial charge is 0.344 e. The summed E-state index contributed by atoms with van der Waals surface area (Å²) >= 11 is 0. The van der Waals surface area contributed by atoms with Crippen molar-refractivity contribution in [3.8, 4) is 0 Å². The summed E-state index contributed by atoms with van der Waals surface area (Å²) in [4.78, 5) is 38.7. The van der Waals surface area contributed by atoms with Gasteiger partial charge in [0.05, 0.1) is 6.54 Å². The van der Waals surface area contributed by atoms with Gasteiger partial charge in [-0.05, 0) is 37.6 Å². The lowest BCUT2D eigenvalue weighted by Crippen LogP contribution is -2.52. The van der Waals surface area contributed by atoms with Crippen LogP contribution in [0.1, 0.15) is 37.7 Å². The molecule has 7 nitrogen and oxygen atoms in total. The molecule has 140 valence electrons. The minimum atomic E-state index is -0.859. The molecule has 1 spiro atoms. The van der Waals surface area contributed by atoms with E-state index in [9.17, 15) is 18.8 Å². The average molecular weight is 362 g/mol. The van der Waals surface area contributed by atoms with Crippen LogP contribution in [0.15, 0.2) is 24.3 Å². The normalized spacial score (nSPS) is 19.1. The molecule has 2 fully saturated rings. The summed E-state index contributed by atoms with van der Waals surface area (Å²) < 4.78 is 12.9. The molecule has 4 amide bonds. The fourth-order valence-electron chi connectivity index (χ4n) is 3.58. The van der Waals surface area contributed by atoms with Gasteiger partial charge in [-0.15, -0.1) is 0 Å². The Hall–Kier alpha value is -2.48. The molecule has 1 aromatic carbocycles. The zero-order chi connectivity index (χ0) is 18.7. The van der Waals surface area contributed by atoms with Crippen LogP contribution < -0.4 is 10.7 Å². The summed E-state index contributed by atoms with van der Waals surface area (Å²) in [6.07, 6.45) is 4.02. The lowest BCUT2D eigenvalue weighted by Gasteiger charge is -2.30. The van der Waals surface area contributed by atoms with Crippen molar-refractivity contribution >= 4 is 17.8 Å². The fourth-order valence-corrected chi connectivity index (χ4v) is 3.58. The monoisotopic (exact) mass is 362 g/mol. The van der Waals surface area contributed by atoms with Crippen molar-refractivity contribution in [2.45, 2.75) is 44.2 Å². The summed E-state index contributed by atoms with van der Waals surface area (Å²) in [5.74, 6) is -1.15. The average Bonchev–Trinajstić information content (AvgIpc) is 2.81. The molecule has 1 heterocycles. The van der Waals surface area contributed by atoms with Crippen molar-refractivity contribution in [2.75, 3.05) is 13.6 Å². The van der Waals surface area contributed by atoms with Gasteiger partial charge in [0.2, 0.25) is 0 Å². The lowest BCUT2D eigenvalue weighted by atomic mass is 9.82. The second-order valence-corrected chi connectivity index (χ2v) is 7.05. The Labute approximate surface area is 151 Å². The maximum Gasteiger partial charge on any atom is 0.344 e. The molecule has 2 aliphatic rings. The van der Waals surface area contributed by atoms with E-state index in [1.807, 2.05) is 0 Å². The van der Waals surface area contributed by atoms with Crippen LogP contribution in [-0.4, -0.2) is 46.9 Å². The standard InChI is InChI=1S/C18H23FN4O3/c1-22(11-13-5-7-14(19)8-6-13)12-15(24)21-23-16(25)18(20-17(23)26)9-3-2-4-10-18/h5-8H,2-4,9-12H2,1H3,(H,20,26)(H,21,24). The number of halogens is 1. The van der Waals surface area contributed by atoms with Gasteiger partial charge < -0.3 is 5.32 Å². The third-order valence-corrected chi connectivity index (χ3v) is 4.88. The number of carbonyl (C=O) groups is 3. The van der Waals surface area contributed by atoms with Crippen LogP contribution in [0.4, 0.5) is 9.18 Å². The molecule has 1 aliphatic heterocycles. The van der Waals surface area contributed by atoms with Gasteiger partial charge in [0.25, 0.3) is 11.8 Å². The predicted molar refractivity (Wildman–Crippen MR) is 92.1 cm³/mol. The van der Waals surface area contributed by atoms with E-state index >= 15 is 0 Å². The van der Waals surface area contributed by atoms with Crippen molar-refractivity contribution in [3.05, 3.63) is 35.6 Å². The Bertz CT molecular complexity index is 701. The molecule has 2 N–H and O–H groups in total. The summed E-state index contributed by atoms with van der Waals surface area (Å²) in [6.45, 7) is 0.444. The van der Waals surface area contributed by atoms with Crippen LogP contribution in [0, 0.1) is 5.82 Å². The number of carbonyl (C=O) groups excluding carboxylic acids is 3. The predicted octanol–water partition coefficient (Wildman–Crippen LogP) is 1.54. The molecule has 8 heteroatoms. The number of nitrogens with one attached hydrogen (secondary N) is 2. The highest BCUT2D eigenvalue weighted by Crippen LogP contribution is 2.32. The van der Waals surface area contributed by atoms with Crippen molar-refractivity contribution in [3.63, 3.8) is 0 Å². The molecule has 0 bridgehead atoms. The second-order valence-electron chi connectivity index (χ2n) is 7.05. The quantitative estimate of drug-likeness (QED) is 0.779. The number of hydrogen-bond donors (Lipinski definition) is 2. The van der Waals surface area contributed by atoms with E-state index < -0.39 is 17.5 Å². The van der Waals surface area contributed by atoms with E-state index in [-0.39, 0.29) is 18.3 Å². The first-order valence-corrected chi connectivity index (χ1v) is 8.79. The number of amides is 4. The SMILES string of the molecule is CN(CC(=O)NN1C(=O)NC2(CCCCC2)C1=O)Cc1ccc(F)cc1. The van der Waals surface area contributed by atoms with E-state index in [1.54, 1.807) is 24.1 Å². The molecule has 26 heavy (non-hydrogen) atoms. The molecule has 1 aromatic rings. The molecular weight excluding hydrogens is 339 g/mol. The third-order valence-electron chi connectivity index (χ3n) is 4.88. The van der Waals surface area contributed by atoms with Gasteiger partial charge in [0.15, 0.2) is 0 Å². The zero-order valence-corrected chi connectivity index (χ0v) is 14.8. The molecule has 1 saturated heterocycles. The number of urea groups is 1. The van der Waals surface area contributed by atoms with Gasteiger partial charge in [-0.2, -0.15) is 5.01 Å². The number of nitrogens with zero attached hydrogens (tertiary/aromatic N) is 2. The minimum absolute atomic E-state index is 0.00143. The van der Waals surface area contributed by atoms with Gasteiger partial charge in [-0.3, -0.25) is 19.9 Å². The number of rotatable bonds is 5. The van der Waals surface area contributed by atoms with Crippen molar-refractivity contribution in [2.24, 2.45) is 0 Å². The number of likely N-dealkylation sites (N-methyl/N-ethyl adjacent to an activating group) is 1. The highest BCUT2D eigenvalue weighted by molar-refractivity contribution is 6.08. The first-order valence-electron chi connectivity index (χ1n) is 8.79. The third kappa shape index (κ3) is 3.85. The lowest BCUT2D eigenvalue weighted by molar-refractivity contribution is -0.140. The number of benzene rings is 1. The molecule has 1 saturated carbocycles. The first-order chi connectivity index (χ1) is 12.4. The molecule has 3 rings (SSSR count). The molecule has 0 radical (unpaired) electrons. The molecule has 0 atom stereocenters. The topological polar surface area (TPSA) is 81.8 Å². The molecular formula is C18H23FN4O3. The van der Waals surface area contributed by atoms with Crippen LogP contribution in [-0.2, 0) is 16.1 Å². The van der Waals surface area contributed by atoms with Gasteiger partial charge in [-0.1, -0.05) is 31.4 Å². The fraction of sp³-hybridized carbons (Fsp3) is 0.500. The first kappa shape index (κ1) is 18.3. The Morgan fingerprint density at radius 2 is 1.88 bits per heavy atom. The summed E-state index contributed by atoms with van der Waals surface area (Å²) in [5.41, 5.74) is 2.41.